The third kappa shape index (κ3) is 5.13. The van der Waals surface area contributed by atoms with Crippen molar-refractivity contribution in [1.82, 2.24) is 20.4 Å². The Morgan fingerprint density at radius 1 is 1.19 bits per heavy atom. The van der Waals surface area contributed by atoms with E-state index in [4.69, 9.17) is 9.26 Å². The number of hydrogen-bond acceptors (Lipinski definition) is 6. The standard InChI is InChI=1S/C20H22N4O3/c1-3-26-17-6-4-15(5-7-17)14(2)22-18(25)8-9-19-23-20(24-27-19)16-10-12-21-13-11-16/h4-7,10-14H,3,8-9H2,1-2H3,(H,22,25). The van der Waals surface area contributed by atoms with Crippen molar-refractivity contribution >= 4 is 5.91 Å². The fourth-order valence-corrected chi connectivity index (χ4v) is 2.61. The zero-order valence-corrected chi connectivity index (χ0v) is 15.4. The zero-order valence-electron chi connectivity index (χ0n) is 15.4. The van der Waals surface area contributed by atoms with Gasteiger partial charge in [-0.05, 0) is 43.7 Å². The van der Waals surface area contributed by atoms with Crippen molar-refractivity contribution in [2.75, 3.05) is 6.61 Å². The van der Waals surface area contributed by atoms with Crippen LogP contribution in [0.4, 0.5) is 0 Å². The maximum atomic E-state index is 12.2. The molecule has 0 saturated heterocycles. The van der Waals surface area contributed by atoms with E-state index >= 15 is 0 Å². The highest BCUT2D eigenvalue weighted by molar-refractivity contribution is 5.76. The molecule has 0 aliphatic carbocycles. The molecule has 0 aliphatic heterocycles. The van der Waals surface area contributed by atoms with Crippen molar-refractivity contribution in [3.05, 3.63) is 60.2 Å². The molecule has 0 saturated carbocycles. The molecule has 2 aromatic heterocycles. The largest absolute Gasteiger partial charge is 0.494 e. The molecule has 1 atom stereocenters. The SMILES string of the molecule is CCOc1ccc(C(C)NC(=O)CCc2nc(-c3ccncc3)no2)cc1. The number of nitrogens with one attached hydrogen (secondary N) is 1. The summed E-state index contributed by atoms with van der Waals surface area (Å²) in [5.74, 6) is 1.68. The van der Waals surface area contributed by atoms with Gasteiger partial charge in [-0.2, -0.15) is 4.98 Å². The number of pyridine rings is 1. The molecule has 0 fully saturated rings. The van der Waals surface area contributed by atoms with Gasteiger partial charge in [-0.3, -0.25) is 9.78 Å². The summed E-state index contributed by atoms with van der Waals surface area (Å²) in [5.41, 5.74) is 1.85. The maximum Gasteiger partial charge on any atom is 0.227 e. The normalized spacial score (nSPS) is 11.8. The van der Waals surface area contributed by atoms with Crippen molar-refractivity contribution in [3.63, 3.8) is 0 Å². The molecule has 1 aromatic carbocycles. The molecule has 2 heterocycles. The fourth-order valence-electron chi connectivity index (χ4n) is 2.61. The highest BCUT2D eigenvalue weighted by Gasteiger charge is 2.13. The van der Waals surface area contributed by atoms with Crippen LogP contribution in [0.25, 0.3) is 11.4 Å². The minimum atomic E-state index is -0.0942. The second-order valence-corrected chi connectivity index (χ2v) is 6.04. The number of carbonyl (C=O) groups is 1. The highest BCUT2D eigenvalue weighted by atomic mass is 16.5. The Balaban J connectivity index is 1.50. The highest BCUT2D eigenvalue weighted by Crippen LogP contribution is 2.18. The van der Waals surface area contributed by atoms with E-state index in [1.165, 1.54) is 0 Å². The van der Waals surface area contributed by atoms with Gasteiger partial charge >= 0.3 is 0 Å². The molecule has 3 rings (SSSR count). The number of benzene rings is 1. The molecule has 3 aromatic rings. The van der Waals surface area contributed by atoms with Crippen LogP contribution in [0.15, 0.2) is 53.3 Å². The number of nitrogens with zero attached hydrogens (tertiary/aromatic N) is 3. The van der Waals surface area contributed by atoms with E-state index in [2.05, 4.69) is 20.4 Å². The molecule has 0 radical (unpaired) electrons. The Labute approximate surface area is 157 Å². The molecular formula is C20H22N4O3. The van der Waals surface area contributed by atoms with Crippen LogP contribution in [0.5, 0.6) is 5.75 Å². The molecule has 7 heteroatoms. The van der Waals surface area contributed by atoms with Gasteiger partial charge in [0.1, 0.15) is 5.75 Å². The average molecular weight is 366 g/mol. The summed E-state index contributed by atoms with van der Waals surface area (Å²) in [7, 11) is 0. The smallest absolute Gasteiger partial charge is 0.227 e. The topological polar surface area (TPSA) is 90.1 Å². The van der Waals surface area contributed by atoms with Gasteiger partial charge in [0, 0.05) is 30.8 Å². The maximum absolute atomic E-state index is 12.2. The summed E-state index contributed by atoms with van der Waals surface area (Å²) in [6.45, 7) is 4.52. The predicted octanol–water partition coefficient (Wildman–Crippen LogP) is 3.34. The van der Waals surface area contributed by atoms with Gasteiger partial charge in [0.05, 0.1) is 12.6 Å². The van der Waals surface area contributed by atoms with Gasteiger partial charge in [-0.15, -0.1) is 0 Å². The second kappa shape index (κ2) is 8.93. The van der Waals surface area contributed by atoms with Gasteiger partial charge in [0.2, 0.25) is 17.6 Å². The first-order valence-electron chi connectivity index (χ1n) is 8.91. The van der Waals surface area contributed by atoms with E-state index in [0.29, 0.717) is 24.7 Å². The molecule has 1 unspecified atom stereocenters. The monoisotopic (exact) mass is 366 g/mol. The van der Waals surface area contributed by atoms with Crippen LogP contribution in [0.2, 0.25) is 0 Å². The van der Waals surface area contributed by atoms with Crippen LogP contribution >= 0.6 is 0 Å². The summed E-state index contributed by atoms with van der Waals surface area (Å²) in [5, 5.41) is 6.92. The lowest BCUT2D eigenvalue weighted by atomic mass is 10.1. The minimum Gasteiger partial charge on any atom is -0.494 e. The van der Waals surface area contributed by atoms with Crippen LogP contribution in [-0.2, 0) is 11.2 Å². The van der Waals surface area contributed by atoms with Crippen LogP contribution in [0, 0.1) is 0 Å². The summed E-state index contributed by atoms with van der Waals surface area (Å²) in [6.07, 6.45) is 4.00. The van der Waals surface area contributed by atoms with Crippen LogP contribution in [0.1, 0.15) is 37.8 Å². The first-order chi connectivity index (χ1) is 13.2. The van der Waals surface area contributed by atoms with E-state index in [1.54, 1.807) is 24.5 Å². The van der Waals surface area contributed by atoms with Crippen molar-refractivity contribution in [1.29, 1.82) is 0 Å². The average Bonchev–Trinajstić information content (AvgIpc) is 3.17. The van der Waals surface area contributed by atoms with Gasteiger partial charge in [0.25, 0.3) is 0 Å². The van der Waals surface area contributed by atoms with E-state index in [9.17, 15) is 4.79 Å². The summed E-state index contributed by atoms with van der Waals surface area (Å²) >= 11 is 0. The van der Waals surface area contributed by atoms with E-state index in [0.717, 1.165) is 16.9 Å². The Kier molecular flexibility index (Phi) is 6.14. The molecule has 0 bridgehead atoms. The fraction of sp³-hybridized carbons (Fsp3) is 0.300. The first-order valence-corrected chi connectivity index (χ1v) is 8.91. The van der Waals surface area contributed by atoms with Gasteiger partial charge in [-0.25, -0.2) is 0 Å². The second-order valence-electron chi connectivity index (χ2n) is 6.04. The van der Waals surface area contributed by atoms with Crippen LogP contribution in [0.3, 0.4) is 0 Å². The number of ether oxygens (including phenoxy) is 1. The van der Waals surface area contributed by atoms with Crippen LogP contribution in [-0.4, -0.2) is 27.6 Å². The molecule has 27 heavy (non-hydrogen) atoms. The number of carbonyl (C=O) groups excluding carboxylic acids is 1. The first kappa shape index (κ1) is 18.6. The third-order valence-electron chi connectivity index (χ3n) is 4.04. The lowest BCUT2D eigenvalue weighted by Crippen LogP contribution is -2.26. The van der Waals surface area contributed by atoms with Crippen molar-refractivity contribution in [2.24, 2.45) is 0 Å². The summed E-state index contributed by atoms with van der Waals surface area (Å²) < 4.78 is 10.6. The van der Waals surface area contributed by atoms with E-state index in [-0.39, 0.29) is 18.4 Å². The van der Waals surface area contributed by atoms with Crippen LogP contribution < -0.4 is 10.1 Å². The third-order valence-corrected chi connectivity index (χ3v) is 4.04. The Bertz CT molecular complexity index is 862. The molecule has 1 N–H and O–H groups in total. The number of aromatic nitrogens is 3. The van der Waals surface area contributed by atoms with Gasteiger partial charge in [0.15, 0.2) is 0 Å². The number of hydrogen-bond donors (Lipinski definition) is 1. The van der Waals surface area contributed by atoms with Gasteiger partial charge in [-0.1, -0.05) is 17.3 Å². The Morgan fingerprint density at radius 2 is 1.93 bits per heavy atom. The summed E-state index contributed by atoms with van der Waals surface area (Å²) in [4.78, 5) is 20.5. The molecule has 0 spiro atoms. The number of amides is 1. The molecule has 0 aliphatic rings. The molecule has 1 amide bonds. The van der Waals surface area contributed by atoms with E-state index in [1.807, 2.05) is 38.1 Å². The van der Waals surface area contributed by atoms with E-state index < -0.39 is 0 Å². The lowest BCUT2D eigenvalue weighted by Gasteiger charge is -2.14. The molecule has 7 nitrogen and oxygen atoms in total. The molecular weight excluding hydrogens is 344 g/mol. The summed E-state index contributed by atoms with van der Waals surface area (Å²) in [6, 6.07) is 11.2. The quantitative estimate of drug-likeness (QED) is 0.657. The zero-order chi connectivity index (χ0) is 19.1. The van der Waals surface area contributed by atoms with Crippen molar-refractivity contribution in [3.8, 4) is 17.1 Å². The Morgan fingerprint density at radius 3 is 2.63 bits per heavy atom. The van der Waals surface area contributed by atoms with Crippen molar-refractivity contribution < 1.29 is 14.1 Å². The van der Waals surface area contributed by atoms with Gasteiger partial charge < -0.3 is 14.6 Å². The lowest BCUT2D eigenvalue weighted by molar-refractivity contribution is -0.121. The number of rotatable bonds is 8. The minimum absolute atomic E-state index is 0.0694. The predicted molar refractivity (Wildman–Crippen MR) is 100 cm³/mol. The number of aryl methyl sites for hydroxylation is 1. The Hall–Kier alpha value is -3.22. The van der Waals surface area contributed by atoms with Crippen molar-refractivity contribution in [2.45, 2.75) is 32.7 Å². The molecule has 140 valence electrons.